The Morgan fingerprint density at radius 1 is 0.324 bits per heavy atom. The summed E-state index contributed by atoms with van der Waals surface area (Å²) >= 11 is 0. The second kappa shape index (κ2) is 10.4. The molecule has 0 aromatic rings. The molecule has 8 fully saturated rings. The van der Waals surface area contributed by atoms with Gasteiger partial charge in [-0.05, 0) is 161 Å². The molecule has 12 unspecified atom stereocenters. The number of hydrogen-bond donors (Lipinski definition) is 1. The average molecular weight is 506 g/mol. The molecule has 0 saturated heterocycles. The van der Waals surface area contributed by atoms with Crippen molar-refractivity contribution in [3.63, 3.8) is 0 Å². The quantitative estimate of drug-likeness (QED) is 0.403. The van der Waals surface area contributed by atoms with E-state index in [0.717, 1.165) is 83.1 Å². The van der Waals surface area contributed by atoms with Gasteiger partial charge in [0.15, 0.2) is 0 Å². The molecule has 8 aliphatic rings. The smallest absolute Gasteiger partial charge is 0.0101 e. The van der Waals surface area contributed by atoms with Gasteiger partial charge in [-0.1, -0.05) is 51.4 Å². The van der Waals surface area contributed by atoms with Gasteiger partial charge in [0, 0.05) is 12.1 Å². The second-order valence-electron chi connectivity index (χ2n) is 16.4. The lowest BCUT2D eigenvalue weighted by Crippen LogP contribution is -2.57. The maximum absolute atomic E-state index is 4.44. The molecule has 0 bridgehead atoms. The maximum Gasteiger partial charge on any atom is 0.0101 e. The summed E-state index contributed by atoms with van der Waals surface area (Å²) in [4.78, 5) is 0. The molecule has 0 aromatic heterocycles. The highest BCUT2D eigenvalue weighted by Crippen LogP contribution is 2.60. The molecular weight excluding hydrogens is 446 g/mol. The van der Waals surface area contributed by atoms with Gasteiger partial charge in [0.1, 0.15) is 0 Å². The minimum atomic E-state index is 0.856. The van der Waals surface area contributed by atoms with Crippen molar-refractivity contribution >= 4 is 0 Å². The zero-order valence-corrected chi connectivity index (χ0v) is 24.1. The van der Waals surface area contributed by atoms with Crippen LogP contribution in [0, 0.1) is 71.0 Å². The van der Waals surface area contributed by atoms with Gasteiger partial charge in [-0.15, -0.1) is 0 Å². The first kappa shape index (κ1) is 24.7. The van der Waals surface area contributed by atoms with E-state index in [9.17, 15) is 0 Å². The highest BCUT2D eigenvalue weighted by atomic mass is 15.0. The summed E-state index contributed by atoms with van der Waals surface area (Å²) in [5, 5.41) is 4.44. The third-order valence-corrected chi connectivity index (χ3v) is 15.2. The standard InChI is InChI=1S/C36H59N/c1-2-9-29-27(6-1)22-33(31-11-4-3-10-30(29)31)23-14-18-28(19-15-23)37-34-21-17-26-13-12-24-7-5-8-25-16-20-32(34)36(26)35(24)25/h23-37H,1-22H2. The van der Waals surface area contributed by atoms with Gasteiger partial charge in [0.25, 0.3) is 0 Å². The summed E-state index contributed by atoms with van der Waals surface area (Å²) in [6.45, 7) is 0. The molecular formula is C36H59N. The topological polar surface area (TPSA) is 12.0 Å². The van der Waals surface area contributed by atoms with Crippen LogP contribution in [0.2, 0.25) is 0 Å². The summed E-state index contributed by atoms with van der Waals surface area (Å²) in [6.07, 6.45) is 34.6. The summed E-state index contributed by atoms with van der Waals surface area (Å²) in [7, 11) is 0. The minimum Gasteiger partial charge on any atom is -0.311 e. The molecule has 8 aliphatic carbocycles. The number of fused-ring (bicyclic) bond motifs is 3. The lowest BCUT2D eigenvalue weighted by Gasteiger charge is -2.59. The van der Waals surface area contributed by atoms with Crippen molar-refractivity contribution < 1.29 is 0 Å². The highest BCUT2D eigenvalue weighted by Gasteiger charge is 2.54. The number of hydrogen-bond acceptors (Lipinski definition) is 1. The van der Waals surface area contributed by atoms with Crippen LogP contribution in [0.3, 0.4) is 0 Å². The van der Waals surface area contributed by atoms with Crippen LogP contribution in [-0.2, 0) is 0 Å². The molecule has 1 N–H and O–H groups in total. The van der Waals surface area contributed by atoms with Crippen LogP contribution in [0.4, 0.5) is 0 Å². The number of rotatable bonds is 3. The zero-order valence-electron chi connectivity index (χ0n) is 24.1. The highest BCUT2D eigenvalue weighted by molar-refractivity contribution is 5.05. The van der Waals surface area contributed by atoms with Crippen LogP contribution < -0.4 is 5.32 Å². The molecule has 1 nitrogen and oxygen atoms in total. The Kier molecular flexibility index (Phi) is 6.96. The van der Waals surface area contributed by atoms with E-state index in [1.807, 2.05) is 0 Å². The van der Waals surface area contributed by atoms with Crippen LogP contribution >= 0.6 is 0 Å². The molecule has 0 aliphatic heterocycles. The predicted molar refractivity (Wildman–Crippen MR) is 154 cm³/mol. The molecule has 8 rings (SSSR count). The van der Waals surface area contributed by atoms with Crippen molar-refractivity contribution in [2.45, 2.75) is 153 Å². The molecule has 0 radical (unpaired) electrons. The molecule has 0 heterocycles. The van der Waals surface area contributed by atoms with E-state index in [0.29, 0.717) is 0 Å². The average Bonchev–Trinajstić information content (AvgIpc) is 2.97. The lowest BCUT2D eigenvalue weighted by atomic mass is 9.47. The minimum absolute atomic E-state index is 0.856. The molecule has 0 spiro atoms. The van der Waals surface area contributed by atoms with Crippen LogP contribution in [0.5, 0.6) is 0 Å². The lowest BCUT2D eigenvalue weighted by molar-refractivity contribution is -0.0892. The van der Waals surface area contributed by atoms with E-state index < -0.39 is 0 Å². The normalized spacial score (nSPS) is 55.5. The largest absolute Gasteiger partial charge is 0.311 e. The molecule has 0 aromatic carbocycles. The second-order valence-corrected chi connectivity index (χ2v) is 16.4. The van der Waals surface area contributed by atoms with Gasteiger partial charge in [-0.25, -0.2) is 0 Å². The third-order valence-electron chi connectivity index (χ3n) is 15.2. The number of nitrogens with one attached hydrogen (secondary N) is 1. The predicted octanol–water partition coefficient (Wildman–Crippen LogP) is 9.40. The molecule has 8 saturated carbocycles. The van der Waals surface area contributed by atoms with Gasteiger partial charge >= 0.3 is 0 Å². The van der Waals surface area contributed by atoms with E-state index in [-0.39, 0.29) is 0 Å². The maximum atomic E-state index is 4.44. The summed E-state index contributed by atoms with van der Waals surface area (Å²) in [5.41, 5.74) is 0. The summed E-state index contributed by atoms with van der Waals surface area (Å²) in [5.74, 6) is 13.4. The molecule has 12 atom stereocenters. The van der Waals surface area contributed by atoms with E-state index in [1.54, 1.807) is 122 Å². The molecule has 1 heteroatoms. The summed E-state index contributed by atoms with van der Waals surface area (Å²) < 4.78 is 0. The van der Waals surface area contributed by atoms with Crippen molar-refractivity contribution in [2.24, 2.45) is 71.0 Å². The van der Waals surface area contributed by atoms with Gasteiger partial charge in [-0.2, -0.15) is 0 Å². The fraction of sp³-hybridized carbons (Fsp3) is 1.00. The van der Waals surface area contributed by atoms with Crippen LogP contribution in [-0.4, -0.2) is 12.1 Å². The van der Waals surface area contributed by atoms with Gasteiger partial charge < -0.3 is 5.32 Å². The Morgan fingerprint density at radius 3 is 1.68 bits per heavy atom. The Morgan fingerprint density at radius 2 is 0.892 bits per heavy atom. The van der Waals surface area contributed by atoms with Crippen molar-refractivity contribution in [1.29, 1.82) is 0 Å². The van der Waals surface area contributed by atoms with Crippen LogP contribution in [0.15, 0.2) is 0 Å². The first-order valence-corrected chi connectivity index (χ1v) is 18.1. The van der Waals surface area contributed by atoms with Gasteiger partial charge in [0.2, 0.25) is 0 Å². The van der Waals surface area contributed by atoms with Gasteiger partial charge in [0.05, 0.1) is 0 Å². The Hall–Kier alpha value is -0.0400. The van der Waals surface area contributed by atoms with Crippen molar-refractivity contribution in [2.75, 3.05) is 0 Å². The molecule has 37 heavy (non-hydrogen) atoms. The van der Waals surface area contributed by atoms with Gasteiger partial charge in [-0.3, -0.25) is 0 Å². The Labute approximate surface area is 229 Å². The third kappa shape index (κ3) is 4.41. The van der Waals surface area contributed by atoms with E-state index >= 15 is 0 Å². The van der Waals surface area contributed by atoms with Crippen molar-refractivity contribution in [1.82, 2.24) is 5.32 Å². The fourth-order valence-electron chi connectivity index (χ4n) is 13.9. The van der Waals surface area contributed by atoms with Crippen molar-refractivity contribution in [3.8, 4) is 0 Å². The molecule has 208 valence electrons. The Bertz CT molecular complexity index is 776. The monoisotopic (exact) mass is 505 g/mol. The fourth-order valence-corrected chi connectivity index (χ4v) is 13.9. The molecule has 0 amide bonds. The SMILES string of the molecule is C1CCC2C(C1)CC(C1CCC(NC3CCC4CCC5CCCC6CCC3C4C56)CC1)C1CCCCC21. The zero-order chi connectivity index (χ0) is 24.3. The first-order valence-electron chi connectivity index (χ1n) is 18.1. The van der Waals surface area contributed by atoms with Crippen LogP contribution in [0.25, 0.3) is 0 Å². The first-order chi connectivity index (χ1) is 18.3. The Balaban J connectivity index is 0.909. The summed E-state index contributed by atoms with van der Waals surface area (Å²) in [6, 6.07) is 1.74. The van der Waals surface area contributed by atoms with Crippen molar-refractivity contribution in [3.05, 3.63) is 0 Å². The van der Waals surface area contributed by atoms with E-state index in [2.05, 4.69) is 5.32 Å². The van der Waals surface area contributed by atoms with E-state index in [4.69, 9.17) is 0 Å². The van der Waals surface area contributed by atoms with E-state index in [1.165, 1.54) is 19.3 Å². The van der Waals surface area contributed by atoms with Crippen LogP contribution in [0.1, 0.15) is 141 Å².